The van der Waals surface area contributed by atoms with Crippen molar-refractivity contribution >= 4 is 0 Å². The summed E-state index contributed by atoms with van der Waals surface area (Å²) >= 11 is 0. The van der Waals surface area contributed by atoms with Gasteiger partial charge in [-0.05, 0) is 17.5 Å². The number of unbranched alkanes of at least 4 members (excludes halogenated alkanes) is 1. The Labute approximate surface area is 126 Å². The quantitative estimate of drug-likeness (QED) is 0.569. The summed E-state index contributed by atoms with van der Waals surface area (Å²) in [5.74, 6) is 0. The minimum absolute atomic E-state index is 1.09. The van der Waals surface area contributed by atoms with Gasteiger partial charge in [0, 0.05) is 30.1 Å². The van der Waals surface area contributed by atoms with Gasteiger partial charge in [-0.1, -0.05) is 74.0 Å². The first-order valence-corrected chi connectivity index (χ1v) is 7.69. The van der Waals surface area contributed by atoms with Crippen molar-refractivity contribution in [3.8, 4) is 22.3 Å². The first-order valence-electron chi connectivity index (χ1n) is 7.69. The monoisotopic (exact) mass is 275 g/mol. The summed E-state index contributed by atoms with van der Waals surface area (Å²) < 4.78 is 2.33. The number of aryl methyl sites for hydroxylation is 1. The molecule has 3 aromatic rings. The molecule has 0 aliphatic heterocycles. The van der Waals surface area contributed by atoms with Crippen molar-refractivity contribution in [2.24, 2.45) is 0 Å². The van der Waals surface area contributed by atoms with E-state index in [4.69, 9.17) is 0 Å². The number of hydrogen-bond acceptors (Lipinski definition) is 0. The molecular formula is C20H21N. The Hall–Kier alpha value is -2.28. The second-order valence-corrected chi connectivity index (χ2v) is 5.41. The van der Waals surface area contributed by atoms with Crippen LogP contribution < -0.4 is 0 Å². The van der Waals surface area contributed by atoms with Crippen LogP contribution in [0.1, 0.15) is 19.8 Å². The van der Waals surface area contributed by atoms with Crippen LogP contribution in [0.2, 0.25) is 0 Å². The molecule has 0 bridgehead atoms. The first kappa shape index (κ1) is 13.7. The van der Waals surface area contributed by atoms with Gasteiger partial charge >= 0.3 is 0 Å². The third kappa shape index (κ3) is 3.08. The standard InChI is InChI=1S/C20H21N/c1-2-3-14-21-15-19(17-10-6-4-7-11-17)20(16-21)18-12-8-5-9-13-18/h4-13,15-16H,2-3,14H2,1H3. The number of benzene rings is 2. The molecule has 106 valence electrons. The van der Waals surface area contributed by atoms with E-state index in [0.717, 1.165) is 6.54 Å². The lowest BCUT2D eigenvalue weighted by atomic mass is 9.99. The van der Waals surface area contributed by atoms with Crippen molar-refractivity contribution < 1.29 is 0 Å². The van der Waals surface area contributed by atoms with Crippen molar-refractivity contribution in [3.05, 3.63) is 73.1 Å². The molecule has 0 saturated heterocycles. The largest absolute Gasteiger partial charge is 0.353 e. The lowest BCUT2D eigenvalue weighted by Gasteiger charge is -2.03. The van der Waals surface area contributed by atoms with Gasteiger partial charge in [0.1, 0.15) is 0 Å². The van der Waals surface area contributed by atoms with Crippen molar-refractivity contribution in [3.63, 3.8) is 0 Å². The molecular weight excluding hydrogens is 254 g/mol. The van der Waals surface area contributed by atoms with E-state index in [1.165, 1.54) is 35.1 Å². The number of rotatable bonds is 5. The van der Waals surface area contributed by atoms with Gasteiger partial charge in [-0.3, -0.25) is 0 Å². The van der Waals surface area contributed by atoms with E-state index in [2.05, 4.69) is 84.5 Å². The Kier molecular flexibility index (Phi) is 4.20. The van der Waals surface area contributed by atoms with Crippen molar-refractivity contribution in [1.29, 1.82) is 0 Å². The molecule has 21 heavy (non-hydrogen) atoms. The number of hydrogen-bond donors (Lipinski definition) is 0. The molecule has 0 amide bonds. The molecule has 0 fully saturated rings. The topological polar surface area (TPSA) is 4.93 Å². The molecule has 0 unspecified atom stereocenters. The molecule has 2 aromatic carbocycles. The van der Waals surface area contributed by atoms with Crippen LogP contribution in [0.15, 0.2) is 73.1 Å². The Balaban J connectivity index is 2.06. The molecule has 0 saturated carbocycles. The zero-order chi connectivity index (χ0) is 14.5. The highest BCUT2D eigenvalue weighted by molar-refractivity contribution is 5.83. The fourth-order valence-electron chi connectivity index (χ4n) is 2.67. The molecule has 1 heterocycles. The maximum Gasteiger partial charge on any atom is 0.0220 e. The third-order valence-corrected chi connectivity index (χ3v) is 3.82. The van der Waals surface area contributed by atoms with E-state index in [0.29, 0.717) is 0 Å². The van der Waals surface area contributed by atoms with Crippen LogP contribution in [-0.2, 0) is 6.54 Å². The Morgan fingerprint density at radius 3 is 1.62 bits per heavy atom. The maximum atomic E-state index is 2.33. The molecule has 0 atom stereocenters. The Bertz CT molecular complexity index is 623. The molecule has 0 radical (unpaired) electrons. The molecule has 1 heteroatoms. The summed E-state index contributed by atoms with van der Waals surface area (Å²) in [6.07, 6.45) is 7.01. The second-order valence-electron chi connectivity index (χ2n) is 5.41. The highest BCUT2D eigenvalue weighted by Gasteiger charge is 2.10. The first-order chi connectivity index (χ1) is 10.4. The van der Waals surface area contributed by atoms with Gasteiger partial charge in [-0.15, -0.1) is 0 Å². The molecule has 0 aliphatic carbocycles. The zero-order valence-corrected chi connectivity index (χ0v) is 12.5. The summed E-state index contributed by atoms with van der Waals surface area (Å²) in [5.41, 5.74) is 5.20. The van der Waals surface area contributed by atoms with Gasteiger partial charge in [-0.25, -0.2) is 0 Å². The minimum atomic E-state index is 1.09. The second kappa shape index (κ2) is 6.45. The summed E-state index contributed by atoms with van der Waals surface area (Å²) in [5, 5.41) is 0. The van der Waals surface area contributed by atoms with Gasteiger partial charge in [0.15, 0.2) is 0 Å². The van der Waals surface area contributed by atoms with E-state index in [1.807, 2.05) is 0 Å². The predicted molar refractivity (Wildman–Crippen MR) is 90.2 cm³/mol. The summed E-state index contributed by atoms with van der Waals surface area (Å²) in [6, 6.07) is 21.3. The van der Waals surface area contributed by atoms with Crippen molar-refractivity contribution in [2.45, 2.75) is 26.3 Å². The summed E-state index contributed by atoms with van der Waals surface area (Å²) in [4.78, 5) is 0. The summed E-state index contributed by atoms with van der Waals surface area (Å²) in [7, 11) is 0. The van der Waals surface area contributed by atoms with Gasteiger partial charge in [0.05, 0.1) is 0 Å². The average molecular weight is 275 g/mol. The van der Waals surface area contributed by atoms with Gasteiger partial charge in [0.25, 0.3) is 0 Å². The molecule has 0 N–H and O–H groups in total. The van der Waals surface area contributed by atoms with Crippen LogP contribution in [0, 0.1) is 0 Å². The normalized spacial score (nSPS) is 10.7. The molecule has 1 nitrogen and oxygen atoms in total. The van der Waals surface area contributed by atoms with E-state index >= 15 is 0 Å². The fourth-order valence-corrected chi connectivity index (χ4v) is 2.67. The van der Waals surface area contributed by atoms with Crippen LogP contribution in [0.25, 0.3) is 22.3 Å². The maximum absolute atomic E-state index is 2.33. The van der Waals surface area contributed by atoms with Crippen molar-refractivity contribution in [1.82, 2.24) is 4.57 Å². The van der Waals surface area contributed by atoms with E-state index < -0.39 is 0 Å². The van der Waals surface area contributed by atoms with Crippen LogP contribution in [0.3, 0.4) is 0 Å². The van der Waals surface area contributed by atoms with Crippen LogP contribution in [0.4, 0.5) is 0 Å². The molecule has 3 rings (SSSR count). The third-order valence-electron chi connectivity index (χ3n) is 3.82. The van der Waals surface area contributed by atoms with Crippen molar-refractivity contribution in [2.75, 3.05) is 0 Å². The summed E-state index contributed by atoms with van der Waals surface area (Å²) in [6.45, 7) is 3.32. The van der Waals surface area contributed by atoms with E-state index in [1.54, 1.807) is 0 Å². The predicted octanol–water partition coefficient (Wildman–Crippen LogP) is 5.62. The van der Waals surface area contributed by atoms with Gasteiger partial charge in [0.2, 0.25) is 0 Å². The highest BCUT2D eigenvalue weighted by Crippen LogP contribution is 2.33. The zero-order valence-electron chi connectivity index (χ0n) is 12.5. The highest BCUT2D eigenvalue weighted by atomic mass is 14.9. The minimum Gasteiger partial charge on any atom is -0.353 e. The SMILES string of the molecule is CCCCn1cc(-c2ccccc2)c(-c2ccccc2)c1. The van der Waals surface area contributed by atoms with Gasteiger partial charge in [-0.2, -0.15) is 0 Å². The fraction of sp³-hybridized carbons (Fsp3) is 0.200. The van der Waals surface area contributed by atoms with Crippen LogP contribution >= 0.6 is 0 Å². The van der Waals surface area contributed by atoms with Crippen LogP contribution in [-0.4, -0.2) is 4.57 Å². The molecule has 1 aromatic heterocycles. The van der Waals surface area contributed by atoms with Gasteiger partial charge < -0.3 is 4.57 Å². The molecule has 0 aliphatic rings. The molecule has 0 spiro atoms. The lowest BCUT2D eigenvalue weighted by molar-refractivity contribution is 0.635. The van der Waals surface area contributed by atoms with E-state index in [9.17, 15) is 0 Å². The average Bonchev–Trinajstić information content (AvgIpc) is 2.99. The lowest BCUT2D eigenvalue weighted by Crippen LogP contribution is -1.92. The van der Waals surface area contributed by atoms with Crippen LogP contribution in [0.5, 0.6) is 0 Å². The number of nitrogens with zero attached hydrogens (tertiary/aromatic N) is 1. The Morgan fingerprint density at radius 2 is 1.19 bits per heavy atom. The Morgan fingerprint density at radius 1 is 0.714 bits per heavy atom. The van der Waals surface area contributed by atoms with E-state index in [-0.39, 0.29) is 0 Å². The smallest absolute Gasteiger partial charge is 0.0220 e. The number of aromatic nitrogens is 1.